The van der Waals surface area contributed by atoms with E-state index in [0.717, 1.165) is 5.56 Å². The second-order valence-corrected chi connectivity index (χ2v) is 6.27. The number of amides is 3. The summed E-state index contributed by atoms with van der Waals surface area (Å²) in [4.78, 5) is 27.5. The summed E-state index contributed by atoms with van der Waals surface area (Å²) in [6, 6.07) is 5.73. The quantitative estimate of drug-likeness (QED) is 0.370. The highest BCUT2D eigenvalue weighted by molar-refractivity contribution is 6.32. The van der Waals surface area contributed by atoms with Crippen molar-refractivity contribution in [3.63, 3.8) is 0 Å². The fraction of sp³-hybridized carbons (Fsp3) is 0.222. The number of aromatic nitrogens is 1. The molecule has 2 rings (SSSR count). The van der Waals surface area contributed by atoms with Gasteiger partial charge < -0.3 is 20.5 Å². The summed E-state index contributed by atoms with van der Waals surface area (Å²) in [5.74, 6) is 0.407. The first-order valence-electron chi connectivity index (χ1n) is 8.35. The smallest absolute Gasteiger partial charge is 0.412 e. The van der Waals surface area contributed by atoms with E-state index in [-0.39, 0.29) is 28.9 Å². The Kier molecular flexibility index (Phi) is 7.21. The molecule has 11 heteroatoms. The fourth-order valence-electron chi connectivity index (χ4n) is 2.35. The highest BCUT2D eigenvalue weighted by Gasteiger charge is 2.14. The molecular formula is C18H21ClN6O4. The van der Waals surface area contributed by atoms with Gasteiger partial charge in [-0.1, -0.05) is 17.7 Å². The maximum Gasteiger partial charge on any atom is 0.412 e. The number of halogens is 1. The van der Waals surface area contributed by atoms with Crippen LogP contribution in [0.5, 0.6) is 5.75 Å². The van der Waals surface area contributed by atoms with Gasteiger partial charge >= 0.3 is 12.1 Å². The van der Waals surface area contributed by atoms with Crippen LogP contribution in [0.3, 0.4) is 0 Å². The van der Waals surface area contributed by atoms with E-state index in [1.807, 2.05) is 0 Å². The van der Waals surface area contributed by atoms with Gasteiger partial charge in [-0.3, -0.25) is 16.0 Å². The molecule has 0 fully saturated rings. The van der Waals surface area contributed by atoms with Crippen LogP contribution in [-0.4, -0.2) is 37.2 Å². The monoisotopic (exact) mass is 420 g/mol. The lowest BCUT2D eigenvalue weighted by Gasteiger charge is -2.16. The van der Waals surface area contributed by atoms with Gasteiger partial charge in [0.05, 0.1) is 30.8 Å². The summed E-state index contributed by atoms with van der Waals surface area (Å²) in [6.45, 7) is 1.80. The molecule has 0 bridgehead atoms. The van der Waals surface area contributed by atoms with Crippen LogP contribution in [0.15, 0.2) is 30.5 Å². The zero-order valence-electron chi connectivity index (χ0n) is 16.0. The predicted octanol–water partition coefficient (Wildman–Crippen LogP) is 2.89. The molecule has 0 radical (unpaired) electrons. The first kappa shape index (κ1) is 21.8. The van der Waals surface area contributed by atoms with Crippen LogP contribution >= 0.6 is 11.6 Å². The average molecular weight is 421 g/mol. The molecule has 3 amide bonds. The number of nitrogens with two attached hydrogens (primary N) is 1. The number of anilines is 2. The Morgan fingerprint density at radius 3 is 2.62 bits per heavy atom. The third kappa shape index (κ3) is 5.72. The molecule has 29 heavy (non-hydrogen) atoms. The van der Waals surface area contributed by atoms with Gasteiger partial charge in [0.25, 0.3) is 0 Å². The number of pyridine rings is 1. The van der Waals surface area contributed by atoms with Crippen molar-refractivity contribution in [2.45, 2.75) is 13.0 Å². The molecule has 0 saturated carbocycles. The minimum atomic E-state index is -0.802. The number of methoxy groups -OCH3 is 2. The molecule has 1 unspecified atom stereocenters. The fourth-order valence-corrected chi connectivity index (χ4v) is 2.54. The van der Waals surface area contributed by atoms with E-state index in [0.29, 0.717) is 10.8 Å². The Hall–Kier alpha value is -3.53. The minimum absolute atomic E-state index is 0.146. The SMILES string of the molecule is COC(=O)NC(=N)c1cnc(NC(=O)NC(C)c2ccc(Cl)c(OC)c2)cc1N. The van der Waals surface area contributed by atoms with Gasteiger partial charge in [-0.2, -0.15) is 0 Å². The van der Waals surface area contributed by atoms with E-state index in [2.05, 4.69) is 25.7 Å². The molecule has 6 N–H and O–H groups in total. The number of carbonyl (C=O) groups is 2. The van der Waals surface area contributed by atoms with Gasteiger partial charge in [0.15, 0.2) is 0 Å². The molecule has 1 aromatic heterocycles. The van der Waals surface area contributed by atoms with Crippen molar-refractivity contribution >= 4 is 41.1 Å². The summed E-state index contributed by atoms with van der Waals surface area (Å²) in [7, 11) is 2.69. The van der Waals surface area contributed by atoms with E-state index in [4.69, 9.17) is 27.5 Å². The molecule has 1 heterocycles. The molecular weight excluding hydrogens is 400 g/mol. The van der Waals surface area contributed by atoms with Crippen molar-refractivity contribution in [1.29, 1.82) is 5.41 Å². The van der Waals surface area contributed by atoms with Gasteiger partial charge in [0.2, 0.25) is 0 Å². The zero-order valence-corrected chi connectivity index (χ0v) is 16.8. The largest absolute Gasteiger partial charge is 0.495 e. The summed E-state index contributed by atoms with van der Waals surface area (Å²) in [6.07, 6.45) is 0.459. The highest BCUT2D eigenvalue weighted by atomic mass is 35.5. The van der Waals surface area contributed by atoms with Crippen molar-refractivity contribution in [2.24, 2.45) is 0 Å². The van der Waals surface area contributed by atoms with E-state index in [9.17, 15) is 9.59 Å². The first-order valence-corrected chi connectivity index (χ1v) is 8.73. The maximum absolute atomic E-state index is 12.3. The van der Waals surface area contributed by atoms with Crippen LogP contribution in [0.25, 0.3) is 0 Å². The van der Waals surface area contributed by atoms with Gasteiger partial charge in [0, 0.05) is 18.0 Å². The summed E-state index contributed by atoms with van der Waals surface area (Å²) >= 11 is 6.01. The molecule has 0 aliphatic rings. The summed E-state index contributed by atoms with van der Waals surface area (Å²) in [5, 5.41) is 15.8. The normalized spacial score (nSPS) is 11.2. The molecule has 1 atom stereocenters. The van der Waals surface area contributed by atoms with E-state index in [1.54, 1.807) is 25.1 Å². The number of carbonyl (C=O) groups excluding carboxylic acids is 2. The number of nitrogen functional groups attached to an aromatic ring is 1. The van der Waals surface area contributed by atoms with Gasteiger partial charge in [-0.05, 0) is 24.6 Å². The van der Waals surface area contributed by atoms with Crippen molar-refractivity contribution in [3.05, 3.63) is 46.6 Å². The van der Waals surface area contributed by atoms with Gasteiger partial charge in [-0.25, -0.2) is 14.6 Å². The van der Waals surface area contributed by atoms with E-state index >= 15 is 0 Å². The predicted molar refractivity (Wildman–Crippen MR) is 110 cm³/mol. The average Bonchev–Trinajstić information content (AvgIpc) is 2.67. The number of hydrogen-bond acceptors (Lipinski definition) is 7. The zero-order chi connectivity index (χ0) is 21.6. The number of hydrogen-bond donors (Lipinski definition) is 5. The van der Waals surface area contributed by atoms with Crippen LogP contribution in [0, 0.1) is 5.41 Å². The van der Waals surface area contributed by atoms with E-state index in [1.165, 1.54) is 26.5 Å². The molecule has 10 nitrogen and oxygen atoms in total. The molecule has 0 saturated heterocycles. The van der Waals surface area contributed by atoms with Gasteiger partial charge in [0.1, 0.15) is 17.4 Å². The van der Waals surface area contributed by atoms with Crippen LogP contribution in [0.4, 0.5) is 21.1 Å². The Balaban J connectivity index is 2.02. The molecule has 2 aromatic rings. The number of urea groups is 1. The number of alkyl carbamates (subject to hydrolysis) is 1. The standard InChI is InChI=1S/C18H21ClN6O4/c1-9(10-4-5-12(19)14(6-10)28-2)23-17(26)24-15-7-13(20)11(8-22-15)16(21)25-18(27)29-3/h4-9H,1-3H3,(H2,21,25,27)(H4,20,22,23,24,26). The lowest BCUT2D eigenvalue weighted by atomic mass is 10.1. The van der Waals surface area contributed by atoms with Crippen molar-refractivity contribution in [2.75, 3.05) is 25.3 Å². The third-order valence-electron chi connectivity index (χ3n) is 3.88. The maximum atomic E-state index is 12.3. The second kappa shape index (κ2) is 9.60. The molecule has 0 aliphatic carbocycles. The van der Waals surface area contributed by atoms with Gasteiger partial charge in [-0.15, -0.1) is 0 Å². The first-order chi connectivity index (χ1) is 13.7. The number of benzene rings is 1. The van der Waals surface area contributed by atoms with Crippen LogP contribution < -0.4 is 26.4 Å². The lowest BCUT2D eigenvalue weighted by molar-refractivity contribution is 0.177. The molecule has 0 spiro atoms. The third-order valence-corrected chi connectivity index (χ3v) is 4.19. The van der Waals surface area contributed by atoms with Crippen LogP contribution in [0.2, 0.25) is 5.02 Å². The molecule has 154 valence electrons. The Bertz CT molecular complexity index is 937. The number of nitrogens with one attached hydrogen (secondary N) is 4. The summed E-state index contributed by atoms with van der Waals surface area (Å²) < 4.78 is 9.60. The molecule has 0 aliphatic heterocycles. The lowest BCUT2D eigenvalue weighted by Crippen LogP contribution is -2.32. The number of ether oxygens (including phenoxy) is 2. The molecule has 1 aromatic carbocycles. The van der Waals surface area contributed by atoms with Crippen molar-refractivity contribution in [1.82, 2.24) is 15.6 Å². The Labute approximate surface area is 172 Å². The van der Waals surface area contributed by atoms with Crippen LogP contribution in [-0.2, 0) is 4.74 Å². The Morgan fingerprint density at radius 2 is 2.00 bits per heavy atom. The Morgan fingerprint density at radius 1 is 1.28 bits per heavy atom. The summed E-state index contributed by atoms with van der Waals surface area (Å²) in [5.41, 5.74) is 7.01. The topological polar surface area (TPSA) is 151 Å². The second-order valence-electron chi connectivity index (χ2n) is 5.86. The minimum Gasteiger partial charge on any atom is -0.495 e. The van der Waals surface area contributed by atoms with Crippen molar-refractivity contribution < 1.29 is 19.1 Å². The van der Waals surface area contributed by atoms with Crippen LogP contribution in [0.1, 0.15) is 24.1 Å². The number of nitrogens with zero attached hydrogens (tertiary/aromatic N) is 1. The highest BCUT2D eigenvalue weighted by Crippen LogP contribution is 2.27. The number of amidine groups is 1. The van der Waals surface area contributed by atoms with E-state index < -0.39 is 12.1 Å². The number of rotatable bonds is 5. The van der Waals surface area contributed by atoms with Crippen molar-refractivity contribution in [3.8, 4) is 5.75 Å².